The Bertz CT molecular complexity index is 831. The molecule has 1 aliphatic carbocycles. The smallest absolute Gasteiger partial charge is 0.318 e. The summed E-state index contributed by atoms with van der Waals surface area (Å²) >= 11 is 0. The number of carbonyl (C=O) groups excluding carboxylic acids is 1. The third kappa shape index (κ3) is 3.86. The number of benzene rings is 2. The summed E-state index contributed by atoms with van der Waals surface area (Å²) in [5, 5.41) is 2.96. The summed E-state index contributed by atoms with van der Waals surface area (Å²) in [7, 11) is 1.66. The predicted molar refractivity (Wildman–Crippen MR) is 108 cm³/mol. The zero-order chi connectivity index (χ0) is 19.5. The minimum Gasteiger partial charge on any atom is -0.493 e. The Balaban J connectivity index is 1.57. The van der Waals surface area contributed by atoms with Crippen molar-refractivity contribution in [2.24, 2.45) is 0 Å². The molecule has 3 N–H and O–H groups in total. The highest BCUT2D eigenvalue weighted by Crippen LogP contribution is 2.36. The molecule has 2 aromatic rings. The fourth-order valence-corrected chi connectivity index (χ4v) is 4.02. The van der Waals surface area contributed by atoms with Crippen molar-refractivity contribution in [2.45, 2.75) is 44.4 Å². The number of hydrogen-bond donors (Lipinski definition) is 2. The van der Waals surface area contributed by atoms with E-state index in [1.54, 1.807) is 7.11 Å². The number of anilines is 1. The second-order valence-corrected chi connectivity index (χ2v) is 7.51. The number of nitrogen functional groups attached to an aromatic ring is 1. The van der Waals surface area contributed by atoms with Gasteiger partial charge < -0.3 is 25.4 Å². The van der Waals surface area contributed by atoms with Crippen molar-refractivity contribution >= 4 is 11.7 Å². The van der Waals surface area contributed by atoms with E-state index in [4.69, 9.17) is 15.2 Å². The number of nitrogens with two attached hydrogens (primary N) is 1. The van der Waals surface area contributed by atoms with Crippen molar-refractivity contribution in [3.8, 4) is 11.5 Å². The Labute approximate surface area is 165 Å². The van der Waals surface area contributed by atoms with Crippen molar-refractivity contribution < 1.29 is 14.3 Å². The van der Waals surface area contributed by atoms with Crippen LogP contribution in [-0.4, -0.2) is 30.7 Å². The number of urea groups is 1. The molecule has 0 bridgehead atoms. The topological polar surface area (TPSA) is 76.8 Å². The van der Waals surface area contributed by atoms with Gasteiger partial charge >= 0.3 is 6.03 Å². The van der Waals surface area contributed by atoms with Crippen LogP contribution in [0.4, 0.5) is 10.5 Å². The first-order valence-electron chi connectivity index (χ1n) is 9.87. The van der Waals surface area contributed by atoms with Gasteiger partial charge in [-0.2, -0.15) is 0 Å². The SMILES string of the molecule is COc1ccc(C2CNC(=O)N2Cc2ccc(N)cc2)cc1OC1CCCC1. The van der Waals surface area contributed by atoms with Gasteiger partial charge in [0.2, 0.25) is 0 Å². The maximum atomic E-state index is 12.5. The first kappa shape index (κ1) is 18.5. The molecule has 1 heterocycles. The summed E-state index contributed by atoms with van der Waals surface area (Å²) in [6.07, 6.45) is 4.84. The van der Waals surface area contributed by atoms with Crippen molar-refractivity contribution in [3.63, 3.8) is 0 Å². The largest absolute Gasteiger partial charge is 0.493 e. The molecular formula is C22H27N3O3. The maximum absolute atomic E-state index is 12.5. The zero-order valence-electron chi connectivity index (χ0n) is 16.2. The van der Waals surface area contributed by atoms with E-state index in [0.29, 0.717) is 13.1 Å². The third-order valence-corrected chi connectivity index (χ3v) is 5.58. The van der Waals surface area contributed by atoms with Crippen LogP contribution in [0.3, 0.4) is 0 Å². The third-order valence-electron chi connectivity index (χ3n) is 5.58. The average Bonchev–Trinajstić information content (AvgIpc) is 3.34. The molecule has 1 aliphatic heterocycles. The van der Waals surface area contributed by atoms with Gasteiger partial charge in [0.25, 0.3) is 0 Å². The Kier molecular flexibility index (Phi) is 5.28. The van der Waals surface area contributed by atoms with E-state index in [-0.39, 0.29) is 18.2 Å². The summed E-state index contributed by atoms with van der Waals surface area (Å²) in [6.45, 7) is 1.10. The number of nitrogens with one attached hydrogen (secondary N) is 1. The van der Waals surface area contributed by atoms with E-state index in [0.717, 1.165) is 41.2 Å². The molecule has 2 fully saturated rings. The molecule has 6 nitrogen and oxygen atoms in total. The van der Waals surface area contributed by atoms with Crippen LogP contribution >= 0.6 is 0 Å². The van der Waals surface area contributed by atoms with Crippen molar-refractivity contribution in [1.29, 1.82) is 0 Å². The Hall–Kier alpha value is -2.89. The monoisotopic (exact) mass is 381 g/mol. The molecule has 1 saturated heterocycles. The number of rotatable bonds is 6. The Morgan fingerprint density at radius 2 is 1.86 bits per heavy atom. The molecule has 6 heteroatoms. The lowest BCUT2D eigenvalue weighted by atomic mass is 10.0. The van der Waals surface area contributed by atoms with Crippen molar-refractivity contribution in [3.05, 3.63) is 53.6 Å². The molecule has 0 spiro atoms. The van der Waals surface area contributed by atoms with E-state index in [9.17, 15) is 4.79 Å². The number of hydrogen-bond acceptors (Lipinski definition) is 4. The van der Waals surface area contributed by atoms with E-state index in [1.165, 1.54) is 12.8 Å². The summed E-state index contributed by atoms with van der Waals surface area (Å²) in [6, 6.07) is 13.5. The molecule has 148 valence electrons. The van der Waals surface area contributed by atoms with Crippen LogP contribution in [0.2, 0.25) is 0 Å². The van der Waals surface area contributed by atoms with Crippen LogP contribution in [0.15, 0.2) is 42.5 Å². The lowest BCUT2D eigenvalue weighted by Gasteiger charge is -2.25. The highest BCUT2D eigenvalue weighted by molar-refractivity contribution is 5.77. The standard InChI is InChI=1S/C22H27N3O3/c1-27-20-11-8-16(12-21(20)28-18-4-2-3-5-18)19-13-24-22(26)25(19)14-15-6-9-17(23)10-7-15/h6-12,18-19H,2-5,13-14,23H2,1H3,(H,24,26). The van der Waals surface area contributed by atoms with Gasteiger partial charge in [0.05, 0.1) is 19.3 Å². The predicted octanol–water partition coefficient (Wildman–Crippen LogP) is 3.87. The van der Waals surface area contributed by atoms with Gasteiger partial charge in [0, 0.05) is 18.8 Å². The minimum absolute atomic E-state index is 0.0538. The molecule has 4 rings (SSSR count). The second-order valence-electron chi connectivity index (χ2n) is 7.51. The quantitative estimate of drug-likeness (QED) is 0.745. The van der Waals surface area contributed by atoms with E-state index in [2.05, 4.69) is 5.32 Å². The van der Waals surface area contributed by atoms with Gasteiger partial charge in [-0.25, -0.2) is 4.79 Å². The highest BCUT2D eigenvalue weighted by Gasteiger charge is 2.32. The molecular weight excluding hydrogens is 354 g/mol. The first-order chi connectivity index (χ1) is 13.6. The Morgan fingerprint density at radius 1 is 1.11 bits per heavy atom. The van der Waals surface area contributed by atoms with Gasteiger partial charge in [-0.15, -0.1) is 0 Å². The summed E-state index contributed by atoms with van der Waals surface area (Å²) in [5.74, 6) is 1.50. The lowest BCUT2D eigenvalue weighted by Crippen LogP contribution is -2.29. The van der Waals surface area contributed by atoms with Gasteiger partial charge in [-0.3, -0.25) is 0 Å². The van der Waals surface area contributed by atoms with Crippen molar-refractivity contribution in [1.82, 2.24) is 10.2 Å². The summed E-state index contributed by atoms with van der Waals surface area (Å²) in [5.41, 5.74) is 8.58. The number of carbonyl (C=O) groups is 1. The molecule has 28 heavy (non-hydrogen) atoms. The lowest BCUT2D eigenvalue weighted by molar-refractivity contribution is 0.196. The number of ether oxygens (including phenoxy) is 2. The van der Waals surface area contributed by atoms with Crippen LogP contribution in [0.5, 0.6) is 11.5 Å². The summed E-state index contributed by atoms with van der Waals surface area (Å²) < 4.78 is 11.7. The van der Waals surface area contributed by atoms with Crippen LogP contribution < -0.4 is 20.5 Å². The molecule has 1 unspecified atom stereocenters. The fourth-order valence-electron chi connectivity index (χ4n) is 4.02. The average molecular weight is 381 g/mol. The minimum atomic E-state index is -0.0593. The van der Waals surface area contributed by atoms with Crippen LogP contribution in [0, 0.1) is 0 Å². The van der Waals surface area contributed by atoms with Crippen LogP contribution in [0.25, 0.3) is 0 Å². The van der Waals surface area contributed by atoms with Crippen molar-refractivity contribution in [2.75, 3.05) is 19.4 Å². The van der Waals surface area contributed by atoms with Crippen LogP contribution in [0.1, 0.15) is 42.9 Å². The molecule has 2 amide bonds. The van der Waals surface area contributed by atoms with Gasteiger partial charge in [-0.05, 0) is 61.1 Å². The zero-order valence-corrected chi connectivity index (χ0v) is 16.2. The molecule has 0 aromatic heterocycles. The fraction of sp³-hybridized carbons (Fsp3) is 0.409. The normalized spacial score (nSPS) is 19.7. The van der Waals surface area contributed by atoms with E-state index in [1.807, 2.05) is 47.4 Å². The van der Waals surface area contributed by atoms with E-state index < -0.39 is 0 Å². The molecule has 1 atom stereocenters. The molecule has 1 saturated carbocycles. The molecule has 0 radical (unpaired) electrons. The number of nitrogens with zero attached hydrogens (tertiary/aromatic N) is 1. The van der Waals surface area contributed by atoms with E-state index >= 15 is 0 Å². The molecule has 2 aromatic carbocycles. The second kappa shape index (κ2) is 8.00. The summed E-state index contributed by atoms with van der Waals surface area (Å²) in [4.78, 5) is 14.3. The molecule has 2 aliphatic rings. The van der Waals surface area contributed by atoms with Gasteiger partial charge in [-0.1, -0.05) is 18.2 Å². The van der Waals surface area contributed by atoms with Gasteiger partial charge in [0.1, 0.15) is 0 Å². The number of amides is 2. The maximum Gasteiger partial charge on any atom is 0.318 e. The first-order valence-corrected chi connectivity index (χ1v) is 9.87. The Morgan fingerprint density at radius 3 is 2.57 bits per heavy atom. The van der Waals surface area contributed by atoms with Gasteiger partial charge in [0.15, 0.2) is 11.5 Å². The number of methoxy groups -OCH3 is 1. The highest BCUT2D eigenvalue weighted by atomic mass is 16.5. The van der Waals surface area contributed by atoms with Crippen LogP contribution in [-0.2, 0) is 6.54 Å².